The largest absolute Gasteiger partial charge is 0.434 e. The number of nitrogens with one attached hydrogen (secondary N) is 1. The van der Waals surface area contributed by atoms with E-state index in [-0.39, 0.29) is 28.6 Å². The number of hydrogen-bond acceptors (Lipinski definition) is 5. The molecule has 10 heteroatoms. The molecule has 3 atom stereocenters. The van der Waals surface area contributed by atoms with Crippen LogP contribution in [0, 0.1) is 11.7 Å². The predicted octanol–water partition coefficient (Wildman–Crippen LogP) is 3.46. The first kappa shape index (κ1) is 22.5. The van der Waals surface area contributed by atoms with Gasteiger partial charge in [-0.1, -0.05) is 13.0 Å². The Morgan fingerprint density at radius 3 is 2.61 bits per heavy atom. The fourth-order valence-electron chi connectivity index (χ4n) is 3.69. The van der Waals surface area contributed by atoms with Crippen molar-refractivity contribution in [2.75, 3.05) is 5.32 Å². The van der Waals surface area contributed by atoms with Crippen LogP contribution in [0.5, 0.6) is 5.75 Å². The van der Waals surface area contributed by atoms with Crippen LogP contribution in [-0.2, 0) is 9.53 Å². The van der Waals surface area contributed by atoms with Crippen LogP contribution in [0.3, 0.4) is 0 Å². The summed E-state index contributed by atoms with van der Waals surface area (Å²) in [5.41, 5.74) is 4.87. The van der Waals surface area contributed by atoms with Crippen LogP contribution < -0.4 is 15.8 Å². The number of primary amides is 1. The first-order chi connectivity index (χ1) is 14.5. The van der Waals surface area contributed by atoms with E-state index in [0.29, 0.717) is 0 Å². The zero-order chi connectivity index (χ0) is 22.9. The Hall–Kier alpha value is -3.14. The summed E-state index contributed by atoms with van der Waals surface area (Å²) in [5.74, 6) is -3.46. The van der Waals surface area contributed by atoms with Crippen molar-refractivity contribution in [1.82, 2.24) is 4.98 Å². The van der Waals surface area contributed by atoms with Gasteiger partial charge in [0.2, 0.25) is 0 Å². The Kier molecular flexibility index (Phi) is 6.21. The quantitative estimate of drug-likeness (QED) is 0.721. The molecular formula is C21H22F3N3O4. The molecule has 1 aromatic carbocycles. The highest BCUT2D eigenvalue weighted by Gasteiger charge is 2.51. The molecule has 0 unspecified atom stereocenters. The molecule has 2 aromatic rings. The second-order valence-corrected chi connectivity index (χ2v) is 7.80. The molecule has 2 heterocycles. The number of carbonyl (C=O) groups excluding carboxylic acids is 2. The number of halogens is 3. The monoisotopic (exact) mass is 437 g/mol. The molecule has 3 rings (SSSR count). The summed E-state index contributed by atoms with van der Waals surface area (Å²) >= 11 is 0. The Labute approximate surface area is 176 Å². The van der Waals surface area contributed by atoms with Crippen LogP contribution in [-0.4, -0.2) is 35.1 Å². The summed E-state index contributed by atoms with van der Waals surface area (Å²) in [5, 5.41) is 2.63. The summed E-state index contributed by atoms with van der Waals surface area (Å²) in [6.07, 6.45) is 0.213. The number of nitrogens with zero attached hydrogens (tertiary/aromatic N) is 1. The maximum Gasteiger partial charge on any atom is 0.387 e. The van der Waals surface area contributed by atoms with E-state index in [0.717, 1.165) is 12.1 Å². The van der Waals surface area contributed by atoms with E-state index >= 15 is 0 Å². The lowest BCUT2D eigenvalue weighted by molar-refractivity contribution is -0.131. The molecule has 1 saturated heterocycles. The Morgan fingerprint density at radius 1 is 1.26 bits per heavy atom. The third kappa shape index (κ3) is 4.79. The van der Waals surface area contributed by atoms with Crippen LogP contribution in [0.1, 0.15) is 42.7 Å². The topological polar surface area (TPSA) is 104 Å². The molecule has 0 spiro atoms. The summed E-state index contributed by atoms with van der Waals surface area (Å²) < 4.78 is 50.0. The van der Waals surface area contributed by atoms with Crippen molar-refractivity contribution in [3.05, 3.63) is 53.6 Å². The van der Waals surface area contributed by atoms with Gasteiger partial charge in [0.25, 0.3) is 11.8 Å². The Bertz CT molecular complexity index is 1000. The van der Waals surface area contributed by atoms with Crippen LogP contribution in [0.4, 0.5) is 18.9 Å². The third-order valence-electron chi connectivity index (χ3n) is 5.48. The zero-order valence-corrected chi connectivity index (χ0v) is 17.1. The number of benzene rings is 1. The van der Waals surface area contributed by atoms with E-state index in [1.807, 2.05) is 6.92 Å². The summed E-state index contributed by atoms with van der Waals surface area (Å²) in [6.45, 7) is 2.19. The number of carbonyl (C=O) groups is 2. The molecule has 166 valence electrons. The molecule has 1 aliphatic rings. The molecule has 7 nitrogen and oxygen atoms in total. The van der Waals surface area contributed by atoms with Crippen molar-refractivity contribution in [3.8, 4) is 5.75 Å². The number of amides is 2. The fraction of sp³-hybridized carbons (Fsp3) is 0.381. The lowest BCUT2D eigenvalue weighted by Gasteiger charge is -2.26. The molecule has 2 amide bonds. The Balaban J connectivity index is 1.96. The lowest BCUT2D eigenvalue weighted by Crippen LogP contribution is -2.33. The molecule has 0 bridgehead atoms. The molecule has 0 radical (unpaired) electrons. The third-order valence-corrected chi connectivity index (χ3v) is 5.48. The second kappa shape index (κ2) is 8.54. The van der Waals surface area contributed by atoms with E-state index in [4.69, 9.17) is 10.5 Å². The maximum atomic E-state index is 13.7. The Morgan fingerprint density at radius 2 is 1.97 bits per heavy atom. The molecular weight excluding hydrogens is 415 g/mol. The van der Waals surface area contributed by atoms with Gasteiger partial charge in [-0.15, -0.1) is 0 Å². The van der Waals surface area contributed by atoms with Crippen LogP contribution in [0.25, 0.3) is 0 Å². The van der Waals surface area contributed by atoms with Crippen LogP contribution in [0.15, 0.2) is 36.5 Å². The van der Waals surface area contributed by atoms with Crippen molar-refractivity contribution in [2.24, 2.45) is 11.7 Å². The molecule has 31 heavy (non-hydrogen) atoms. The molecule has 1 aliphatic heterocycles. The van der Waals surface area contributed by atoms with Gasteiger partial charge >= 0.3 is 6.61 Å². The standard InChI is InChI=1S/C21H22F3N3O4/c1-10-16(13-5-4-11(22)8-15(13)30-20(23)24)17(31-21(10,2)3)19(29)27-12-6-7-26-14(9-12)18(25)28/h4-10,16-17,20H,1-3H3,(H2,25,28)(H,26,27,29)/t10-,16+,17-/m0/s1. The van der Waals surface area contributed by atoms with Crippen molar-refractivity contribution in [1.29, 1.82) is 0 Å². The SMILES string of the molecule is C[C@H]1[C@H](c2ccc(F)cc2OC(F)F)[C@@H](C(=O)Nc2ccnc(C(N)=O)c2)OC1(C)C. The second-order valence-electron chi connectivity index (χ2n) is 7.80. The molecule has 1 aromatic heterocycles. The highest BCUT2D eigenvalue weighted by atomic mass is 19.3. The van der Waals surface area contributed by atoms with Crippen molar-refractivity contribution in [3.63, 3.8) is 0 Å². The number of ether oxygens (including phenoxy) is 2. The average molecular weight is 437 g/mol. The first-order valence-electron chi connectivity index (χ1n) is 9.48. The summed E-state index contributed by atoms with van der Waals surface area (Å²) in [4.78, 5) is 28.2. The van der Waals surface area contributed by atoms with Gasteiger partial charge < -0.3 is 20.5 Å². The predicted molar refractivity (Wildman–Crippen MR) is 105 cm³/mol. The molecule has 1 fully saturated rings. The van der Waals surface area contributed by atoms with Crippen molar-refractivity contribution < 1.29 is 32.2 Å². The highest BCUT2D eigenvalue weighted by molar-refractivity contribution is 5.97. The molecule has 3 N–H and O–H groups in total. The van der Waals surface area contributed by atoms with E-state index in [9.17, 15) is 22.8 Å². The fourth-order valence-corrected chi connectivity index (χ4v) is 3.69. The number of aromatic nitrogens is 1. The smallest absolute Gasteiger partial charge is 0.387 e. The van der Waals surface area contributed by atoms with Crippen LogP contribution in [0.2, 0.25) is 0 Å². The number of nitrogens with two attached hydrogens (primary N) is 1. The molecule has 0 aliphatic carbocycles. The van der Waals surface area contributed by atoms with Crippen molar-refractivity contribution in [2.45, 2.75) is 45.0 Å². The van der Waals surface area contributed by atoms with E-state index < -0.39 is 41.9 Å². The lowest BCUT2D eigenvalue weighted by atomic mass is 9.78. The van der Waals surface area contributed by atoms with Gasteiger partial charge in [0.05, 0.1) is 5.60 Å². The number of hydrogen-bond donors (Lipinski definition) is 2. The first-order valence-corrected chi connectivity index (χ1v) is 9.48. The average Bonchev–Trinajstić information content (AvgIpc) is 2.91. The number of rotatable bonds is 6. The van der Waals surface area contributed by atoms with Crippen molar-refractivity contribution >= 4 is 17.5 Å². The minimum absolute atomic E-state index is 0.0402. The number of pyridine rings is 1. The number of alkyl halides is 2. The minimum atomic E-state index is -3.16. The van der Waals surface area contributed by atoms with Gasteiger partial charge in [-0.2, -0.15) is 8.78 Å². The van der Waals surface area contributed by atoms with Gasteiger partial charge in [0.15, 0.2) is 0 Å². The van der Waals surface area contributed by atoms with E-state index in [1.54, 1.807) is 13.8 Å². The summed E-state index contributed by atoms with van der Waals surface area (Å²) in [6, 6.07) is 6.06. The van der Waals surface area contributed by atoms with E-state index in [2.05, 4.69) is 15.0 Å². The van der Waals surface area contributed by atoms with Gasteiger partial charge in [-0.05, 0) is 38.0 Å². The normalized spacial score (nSPS) is 22.4. The van der Waals surface area contributed by atoms with E-state index in [1.165, 1.54) is 24.4 Å². The van der Waals surface area contributed by atoms with Gasteiger partial charge in [0, 0.05) is 29.4 Å². The summed E-state index contributed by atoms with van der Waals surface area (Å²) in [7, 11) is 0. The highest BCUT2D eigenvalue weighted by Crippen LogP contribution is 2.48. The van der Waals surface area contributed by atoms with Crippen LogP contribution >= 0.6 is 0 Å². The number of anilines is 1. The van der Waals surface area contributed by atoms with Gasteiger partial charge in [0.1, 0.15) is 23.4 Å². The zero-order valence-electron chi connectivity index (χ0n) is 17.1. The minimum Gasteiger partial charge on any atom is -0.434 e. The van der Waals surface area contributed by atoms with Gasteiger partial charge in [-0.25, -0.2) is 4.39 Å². The molecule has 0 saturated carbocycles. The maximum absolute atomic E-state index is 13.7. The van der Waals surface area contributed by atoms with Gasteiger partial charge in [-0.3, -0.25) is 14.6 Å².